The fourth-order valence-corrected chi connectivity index (χ4v) is 3.91. The Morgan fingerprint density at radius 3 is 2.52 bits per heavy atom. The zero-order valence-electron chi connectivity index (χ0n) is 16.9. The van der Waals surface area contributed by atoms with Crippen LogP contribution in [0.2, 0.25) is 0 Å². The summed E-state index contributed by atoms with van der Waals surface area (Å²) in [6.07, 6.45) is 4.44. The van der Waals surface area contributed by atoms with Crippen LogP contribution in [-0.2, 0) is 28.6 Å². The second-order valence-electron chi connectivity index (χ2n) is 7.83. The average molecular weight is 378 g/mol. The maximum absolute atomic E-state index is 13.0. The molecule has 6 nitrogen and oxygen atoms in total. The Bertz CT molecular complexity index is 658. The molecule has 1 saturated carbocycles. The summed E-state index contributed by atoms with van der Waals surface area (Å²) in [7, 11) is 1.49. The first-order valence-electron chi connectivity index (χ1n) is 9.41. The lowest BCUT2D eigenvalue weighted by molar-refractivity contribution is -0.169. The number of esters is 2. The van der Waals surface area contributed by atoms with E-state index in [0.717, 1.165) is 18.4 Å². The SMILES string of the molecule is CO[C@H]1CC(=O)C2(CC(=O)O[C@@H]2/C=C(\C)CCC=C(C)C)C[C@@H]1OC(C)=O. The Morgan fingerprint density at radius 2 is 1.93 bits per heavy atom. The van der Waals surface area contributed by atoms with Gasteiger partial charge in [-0.3, -0.25) is 14.4 Å². The number of rotatable bonds is 6. The molecule has 0 aromatic rings. The van der Waals surface area contributed by atoms with Crippen molar-refractivity contribution in [3.8, 4) is 0 Å². The molecule has 0 aromatic carbocycles. The van der Waals surface area contributed by atoms with Gasteiger partial charge in [-0.25, -0.2) is 0 Å². The van der Waals surface area contributed by atoms with E-state index in [-0.39, 0.29) is 31.0 Å². The Kier molecular flexibility index (Phi) is 6.98. The van der Waals surface area contributed by atoms with Crippen molar-refractivity contribution in [1.29, 1.82) is 0 Å². The summed E-state index contributed by atoms with van der Waals surface area (Å²) >= 11 is 0. The number of ether oxygens (including phenoxy) is 3. The fourth-order valence-electron chi connectivity index (χ4n) is 3.91. The third-order valence-corrected chi connectivity index (χ3v) is 5.33. The molecule has 6 heteroatoms. The Hall–Kier alpha value is -1.95. The van der Waals surface area contributed by atoms with E-state index in [1.807, 2.05) is 13.0 Å². The standard InChI is InChI=1S/C21H30O6/c1-13(2)7-6-8-14(3)9-19-21(12-20(24)27-19)11-17(26-15(4)22)16(25-5)10-18(21)23/h7,9,16-17,19H,6,8,10-12H2,1-5H3/b14-9+/t16-,17-,19+,21?/m0/s1. The highest BCUT2D eigenvalue weighted by atomic mass is 16.6. The Labute approximate surface area is 160 Å². The number of cyclic esters (lactones) is 1. The molecule has 1 heterocycles. The molecular weight excluding hydrogens is 348 g/mol. The first-order chi connectivity index (χ1) is 12.7. The van der Waals surface area contributed by atoms with Crippen LogP contribution in [0.5, 0.6) is 0 Å². The molecule has 1 aliphatic heterocycles. The van der Waals surface area contributed by atoms with Crippen LogP contribution in [-0.4, -0.2) is 43.1 Å². The van der Waals surface area contributed by atoms with E-state index in [2.05, 4.69) is 19.9 Å². The second-order valence-corrected chi connectivity index (χ2v) is 7.83. The molecule has 4 atom stereocenters. The zero-order valence-corrected chi connectivity index (χ0v) is 16.9. The average Bonchev–Trinajstić information content (AvgIpc) is 2.85. The Morgan fingerprint density at radius 1 is 1.22 bits per heavy atom. The molecule has 0 N–H and O–H groups in total. The lowest BCUT2D eigenvalue weighted by Gasteiger charge is -2.40. The molecule has 150 valence electrons. The van der Waals surface area contributed by atoms with E-state index in [0.29, 0.717) is 0 Å². The van der Waals surface area contributed by atoms with Gasteiger partial charge in [0.05, 0.1) is 11.8 Å². The molecule has 2 rings (SSSR count). The second kappa shape index (κ2) is 8.83. The first-order valence-corrected chi connectivity index (χ1v) is 9.41. The van der Waals surface area contributed by atoms with Gasteiger partial charge in [0.25, 0.3) is 0 Å². The third kappa shape index (κ3) is 5.06. The van der Waals surface area contributed by atoms with Crippen LogP contribution in [0.1, 0.15) is 59.8 Å². The van der Waals surface area contributed by atoms with Crippen LogP contribution >= 0.6 is 0 Å². The van der Waals surface area contributed by atoms with E-state index in [1.165, 1.54) is 19.6 Å². The lowest BCUT2D eigenvalue weighted by Crippen LogP contribution is -2.52. The minimum atomic E-state index is -0.982. The molecule has 27 heavy (non-hydrogen) atoms. The van der Waals surface area contributed by atoms with Gasteiger partial charge in [-0.05, 0) is 39.7 Å². The van der Waals surface area contributed by atoms with Crippen LogP contribution in [0, 0.1) is 5.41 Å². The smallest absolute Gasteiger partial charge is 0.307 e. The minimum absolute atomic E-state index is 0.0163. The summed E-state index contributed by atoms with van der Waals surface area (Å²) in [6, 6.07) is 0. The summed E-state index contributed by atoms with van der Waals surface area (Å²) in [4.78, 5) is 36.5. The molecule has 1 saturated heterocycles. The largest absolute Gasteiger partial charge is 0.460 e. The van der Waals surface area contributed by atoms with Gasteiger partial charge in [0.15, 0.2) is 0 Å². The van der Waals surface area contributed by atoms with Crippen molar-refractivity contribution in [2.24, 2.45) is 5.41 Å². The van der Waals surface area contributed by atoms with E-state index in [1.54, 1.807) is 0 Å². The van der Waals surface area contributed by atoms with Crippen molar-refractivity contribution in [2.75, 3.05) is 7.11 Å². The fraction of sp³-hybridized carbons (Fsp3) is 0.667. The molecule has 0 bridgehead atoms. The monoisotopic (exact) mass is 378 g/mol. The molecule has 0 aromatic heterocycles. The predicted molar refractivity (Wildman–Crippen MR) is 99.9 cm³/mol. The number of methoxy groups -OCH3 is 1. The highest BCUT2D eigenvalue weighted by molar-refractivity contribution is 5.93. The van der Waals surface area contributed by atoms with Crippen LogP contribution in [0.3, 0.4) is 0 Å². The number of hydrogen-bond donors (Lipinski definition) is 0. The summed E-state index contributed by atoms with van der Waals surface area (Å²) in [5.41, 5.74) is 1.34. The number of carbonyl (C=O) groups is 3. The van der Waals surface area contributed by atoms with E-state index < -0.39 is 29.7 Å². The van der Waals surface area contributed by atoms with Crippen molar-refractivity contribution in [2.45, 2.75) is 78.1 Å². The van der Waals surface area contributed by atoms with E-state index in [4.69, 9.17) is 14.2 Å². The van der Waals surface area contributed by atoms with Gasteiger partial charge < -0.3 is 14.2 Å². The van der Waals surface area contributed by atoms with Crippen molar-refractivity contribution in [3.63, 3.8) is 0 Å². The Balaban J connectivity index is 2.25. The predicted octanol–water partition coefficient (Wildman–Crippen LogP) is 3.29. The number of Topliss-reactive ketones (excluding diaryl/α,β-unsaturated/α-hetero) is 1. The normalized spacial score (nSPS) is 31.0. The zero-order chi connectivity index (χ0) is 20.2. The van der Waals surface area contributed by atoms with Crippen molar-refractivity contribution >= 4 is 17.7 Å². The number of carbonyl (C=O) groups excluding carboxylic acids is 3. The third-order valence-electron chi connectivity index (χ3n) is 5.33. The van der Waals surface area contributed by atoms with Gasteiger partial charge in [0.2, 0.25) is 0 Å². The van der Waals surface area contributed by atoms with Gasteiger partial charge in [-0.15, -0.1) is 0 Å². The maximum atomic E-state index is 13.0. The highest BCUT2D eigenvalue weighted by Crippen LogP contribution is 2.47. The molecule has 1 unspecified atom stereocenters. The molecule has 1 aliphatic carbocycles. The molecule has 0 radical (unpaired) electrons. The van der Waals surface area contributed by atoms with E-state index in [9.17, 15) is 14.4 Å². The van der Waals surface area contributed by atoms with Crippen LogP contribution in [0.4, 0.5) is 0 Å². The summed E-state index contributed by atoms with van der Waals surface area (Å²) in [5, 5.41) is 0. The van der Waals surface area contributed by atoms with Crippen molar-refractivity contribution in [1.82, 2.24) is 0 Å². The molecule has 0 amide bonds. The van der Waals surface area contributed by atoms with Crippen molar-refractivity contribution < 1.29 is 28.6 Å². The number of allylic oxidation sites excluding steroid dienone is 3. The summed E-state index contributed by atoms with van der Waals surface area (Å²) < 4.78 is 16.3. The molecule has 2 aliphatic rings. The lowest BCUT2D eigenvalue weighted by atomic mass is 9.66. The van der Waals surface area contributed by atoms with Gasteiger partial charge in [-0.2, -0.15) is 0 Å². The maximum Gasteiger partial charge on any atom is 0.307 e. The summed E-state index contributed by atoms with van der Waals surface area (Å²) in [5.74, 6) is -0.886. The topological polar surface area (TPSA) is 78.9 Å². The van der Waals surface area contributed by atoms with Crippen LogP contribution < -0.4 is 0 Å². The first kappa shape index (κ1) is 21.4. The summed E-state index contributed by atoms with van der Waals surface area (Å²) in [6.45, 7) is 7.41. The number of ketones is 1. The van der Waals surface area contributed by atoms with Crippen molar-refractivity contribution in [3.05, 3.63) is 23.3 Å². The van der Waals surface area contributed by atoms with Gasteiger partial charge in [-0.1, -0.05) is 17.2 Å². The molecule has 2 fully saturated rings. The van der Waals surface area contributed by atoms with Gasteiger partial charge in [0.1, 0.15) is 24.1 Å². The molecule has 1 spiro atoms. The number of hydrogen-bond acceptors (Lipinski definition) is 6. The quantitative estimate of drug-likeness (QED) is 0.521. The van der Waals surface area contributed by atoms with E-state index >= 15 is 0 Å². The minimum Gasteiger partial charge on any atom is -0.460 e. The highest BCUT2D eigenvalue weighted by Gasteiger charge is 2.58. The molecular formula is C21H30O6. The van der Waals surface area contributed by atoms with Crippen LogP contribution in [0.25, 0.3) is 0 Å². The van der Waals surface area contributed by atoms with Crippen LogP contribution in [0.15, 0.2) is 23.3 Å². The van der Waals surface area contributed by atoms with Gasteiger partial charge >= 0.3 is 11.9 Å². The van der Waals surface area contributed by atoms with Gasteiger partial charge in [0, 0.05) is 26.9 Å².